The van der Waals surface area contributed by atoms with Gasteiger partial charge >= 0.3 is 5.97 Å². The third-order valence-corrected chi connectivity index (χ3v) is 3.25. The van der Waals surface area contributed by atoms with Crippen molar-refractivity contribution in [3.63, 3.8) is 0 Å². The van der Waals surface area contributed by atoms with Crippen LogP contribution >= 0.6 is 0 Å². The number of amides is 2. The second kappa shape index (κ2) is 9.36. The number of carbonyl (C=O) groups excluding carboxylic acids is 3. The lowest BCUT2D eigenvalue weighted by atomic mass is 10.1. The number of benzene rings is 1. The predicted molar refractivity (Wildman–Crippen MR) is 88.1 cm³/mol. The summed E-state index contributed by atoms with van der Waals surface area (Å²) in [6, 6.07) is 1.97. The Bertz CT molecular complexity index is 620. The van der Waals surface area contributed by atoms with Crippen LogP contribution in [0.25, 0.3) is 0 Å². The lowest BCUT2D eigenvalue weighted by Crippen LogP contribution is -2.40. The maximum Gasteiger partial charge on any atom is 0.328 e. The first-order valence-corrected chi connectivity index (χ1v) is 7.36. The summed E-state index contributed by atoms with van der Waals surface area (Å²) in [5, 5.41) is 4.80. The number of methoxy groups -OCH3 is 3. The van der Waals surface area contributed by atoms with Crippen LogP contribution in [0.3, 0.4) is 0 Å². The molecule has 138 valence electrons. The van der Waals surface area contributed by atoms with E-state index >= 15 is 0 Å². The summed E-state index contributed by atoms with van der Waals surface area (Å²) in [6.45, 7) is 1.03. The number of esters is 1. The highest BCUT2D eigenvalue weighted by atomic mass is 16.5. The fraction of sp³-hybridized carbons (Fsp3) is 0.438. The van der Waals surface area contributed by atoms with Gasteiger partial charge in [0.25, 0.3) is 11.8 Å². The van der Waals surface area contributed by atoms with Crippen LogP contribution < -0.4 is 24.8 Å². The fourth-order valence-corrected chi connectivity index (χ4v) is 1.88. The van der Waals surface area contributed by atoms with Crippen molar-refractivity contribution in [2.24, 2.45) is 0 Å². The zero-order valence-corrected chi connectivity index (χ0v) is 14.8. The Labute approximate surface area is 145 Å². The fourth-order valence-electron chi connectivity index (χ4n) is 1.88. The summed E-state index contributed by atoms with van der Waals surface area (Å²) >= 11 is 0. The second-order valence-electron chi connectivity index (χ2n) is 4.89. The number of ether oxygens (including phenoxy) is 4. The number of nitrogens with one attached hydrogen (secondary N) is 2. The molecule has 9 heteroatoms. The van der Waals surface area contributed by atoms with Crippen molar-refractivity contribution in [3.8, 4) is 17.2 Å². The monoisotopic (exact) mass is 354 g/mol. The highest BCUT2D eigenvalue weighted by Crippen LogP contribution is 2.38. The molecule has 0 radical (unpaired) electrons. The van der Waals surface area contributed by atoms with Crippen LogP contribution in [0.2, 0.25) is 0 Å². The molecule has 0 heterocycles. The van der Waals surface area contributed by atoms with Gasteiger partial charge in [0.05, 0.1) is 21.3 Å². The molecular formula is C16H22N2O7. The topological polar surface area (TPSA) is 112 Å². The van der Waals surface area contributed by atoms with Crippen molar-refractivity contribution in [1.82, 2.24) is 10.6 Å². The predicted octanol–water partition coefficient (Wildman–Crippen LogP) is 0.120. The van der Waals surface area contributed by atoms with E-state index in [9.17, 15) is 14.4 Å². The van der Waals surface area contributed by atoms with Crippen molar-refractivity contribution in [2.45, 2.75) is 13.0 Å². The summed E-state index contributed by atoms with van der Waals surface area (Å²) in [6.07, 6.45) is 0. The number of rotatable bonds is 8. The lowest BCUT2D eigenvalue weighted by Gasteiger charge is -2.16. The van der Waals surface area contributed by atoms with Crippen LogP contribution in [0.1, 0.15) is 17.3 Å². The number of hydrogen-bond acceptors (Lipinski definition) is 7. The average Bonchev–Trinajstić information content (AvgIpc) is 2.63. The summed E-state index contributed by atoms with van der Waals surface area (Å²) in [5.74, 6) is -0.757. The molecule has 9 nitrogen and oxygen atoms in total. The van der Waals surface area contributed by atoms with E-state index in [4.69, 9.17) is 18.9 Å². The average molecular weight is 354 g/mol. The van der Waals surface area contributed by atoms with Gasteiger partial charge < -0.3 is 29.6 Å². The molecule has 0 saturated heterocycles. The second-order valence-corrected chi connectivity index (χ2v) is 4.89. The lowest BCUT2D eigenvalue weighted by molar-refractivity contribution is -0.149. The minimum atomic E-state index is -0.948. The van der Waals surface area contributed by atoms with Gasteiger partial charge in [0.15, 0.2) is 18.1 Å². The van der Waals surface area contributed by atoms with Crippen LogP contribution in [0.15, 0.2) is 12.1 Å². The maximum absolute atomic E-state index is 12.3. The van der Waals surface area contributed by atoms with Gasteiger partial charge in [-0.15, -0.1) is 0 Å². The van der Waals surface area contributed by atoms with E-state index in [0.717, 1.165) is 0 Å². The number of hydrogen-bond donors (Lipinski definition) is 2. The third kappa shape index (κ3) is 5.27. The minimum absolute atomic E-state index is 0.209. The quantitative estimate of drug-likeness (QED) is 0.638. The van der Waals surface area contributed by atoms with E-state index in [-0.39, 0.29) is 5.56 Å². The van der Waals surface area contributed by atoms with E-state index < -0.39 is 30.4 Å². The van der Waals surface area contributed by atoms with Gasteiger partial charge in [-0.25, -0.2) is 4.79 Å². The first-order valence-electron chi connectivity index (χ1n) is 7.36. The Morgan fingerprint density at radius 2 is 1.60 bits per heavy atom. The largest absolute Gasteiger partial charge is 0.493 e. The molecule has 0 fully saturated rings. The molecule has 1 atom stereocenters. The Hall–Kier alpha value is -2.97. The first kappa shape index (κ1) is 20.1. The molecule has 0 aromatic heterocycles. The van der Waals surface area contributed by atoms with E-state index in [1.54, 1.807) is 0 Å². The smallest absolute Gasteiger partial charge is 0.328 e. The summed E-state index contributed by atoms with van der Waals surface area (Å²) < 4.78 is 20.3. The molecule has 0 aliphatic carbocycles. The van der Waals surface area contributed by atoms with E-state index in [1.807, 2.05) is 0 Å². The molecule has 2 N–H and O–H groups in total. The van der Waals surface area contributed by atoms with Crippen molar-refractivity contribution in [3.05, 3.63) is 17.7 Å². The van der Waals surface area contributed by atoms with Gasteiger partial charge in [0.1, 0.15) is 6.04 Å². The number of likely N-dealkylation sites (N-methyl/N-ethyl adjacent to an activating group) is 1. The van der Waals surface area contributed by atoms with Gasteiger partial charge in [0.2, 0.25) is 5.75 Å². The van der Waals surface area contributed by atoms with Gasteiger partial charge in [-0.3, -0.25) is 9.59 Å². The van der Waals surface area contributed by atoms with Crippen LogP contribution in [0.4, 0.5) is 0 Å². The van der Waals surface area contributed by atoms with Gasteiger partial charge in [-0.2, -0.15) is 0 Å². The van der Waals surface area contributed by atoms with Crippen LogP contribution in [0, 0.1) is 0 Å². The van der Waals surface area contributed by atoms with Crippen molar-refractivity contribution >= 4 is 17.8 Å². The molecule has 1 aromatic carbocycles. The maximum atomic E-state index is 12.3. The first-order chi connectivity index (χ1) is 11.9. The summed E-state index contributed by atoms with van der Waals surface area (Å²) in [5.41, 5.74) is 0.209. The van der Waals surface area contributed by atoms with Crippen LogP contribution in [-0.2, 0) is 14.3 Å². The Balaban J connectivity index is 2.86. The molecule has 25 heavy (non-hydrogen) atoms. The molecule has 1 rings (SSSR count). The molecular weight excluding hydrogens is 332 g/mol. The summed E-state index contributed by atoms with van der Waals surface area (Å²) in [7, 11) is 5.73. The minimum Gasteiger partial charge on any atom is -0.493 e. The van der Waals surface area contributed by atoms with Gasteiger partial charge in [-0.1, -0.05) is 0 Å². The molecule has 0 aliphatic rings. The van der Waals surface area contributed by atoms with Crippen molar-refractivity contribution in [2.75, 3.05) is 35.0 Å². The Kier molecular flexibility index (Phi) is 7.51. The molecule has 1 aromatic rings. The van der Waals surface area contributed by atoms with E-state index in [0.29, 0.717) is 17.2 Å². The van der Waals surface area contributed by atoms with Crippen LogP contribution in [-0.4, -0.2) is 58.8 Å². The Morgan fingerprint density at radius 1 is 1.04 bits per heavy atom. The molecule has 2 amide bonds. The van der Waals surface area contributed by atoms with Crippen LogP contribution in [0.5, 0.6) is 17.2 Å². The zero-order chi connectivity index (χ0) is 19.0. The SMILES string of the molecule is CNC(=O)COC(=O)[C@H](C)NC(=O)c1cc(OC)c(OC)c(OC)c1. The molecule has 0 unspecified atom stereocenters. The van der Waals surface area contributed by atoms with Crippen molar-refractivity contribution in [1.29, 1.82) is 0 Å². The third-order valence-electron chi connectivity index (χ3n) is 3.25. The summed E-state index contributed by atoms with van der Waals surface area (Å²) in [4.78, 5) is 35.2. The van der Waals surface area contributed by atoms with E-state index in [1.165, 1.54) is 47.4 Å². The van der Waals surface area contributed by atoms with Gasteiger partial charge in [0, 0.05) is 12.6 Å². The highest BCUT2D eigenvalue weighted by Gasteiger charge is 2.21. The highest BCUT2D eigenvalue weighted by molar-refractivity contribution is 5.98. The standard InChI is InChI=1S/C16H22N2O7/c1-9(16(21)25-8-13(19)17-2)18-15(20)10-6-11(22-3)14(24-5)12(7-10)23-4/h6-7,9H,8H2,1-5H3,(H,17,19)(H,18,20)/t9-/m0/s1. The molecule has 0 spiro atoms. The molecule has 0 saturated carbocycles. The van der Waals surface area contributed by atoms with E-state index in [2.05, 4.69) is 10.6 Å². The Morgan fingerprint density at radius 3 is 2.04 bits per heavy atom. The zero-order valence-electron chi connectivity index (χ0n) is 14.8. The van der Waals surface area contributed by atoms with Gasteiger partial charge in [-0.05, 0) is 19.1 Å². The van der Waals surface area contributed by atoms with Crippen molar-refractivity contribution < 1.29 is 33.3 Å². The normalized spacial score (nSPS) is 11.1. The molecule has 0 bridgehead atoms. The molecule has 0 aliphatic heterocycles. The number of carbonyl (C=O) groups is 3.